The summed E-state index contributed by atoms with van der Waals surface area (Å²) < 4.78 is 17.5. The Kier molecular flexibility index (Phi) is 12.3. The lowest BCUT2D eigenvalue weighted by atomic mass is 10.0. The minimum absolute atomic E-state index is 0.668. The summed E-state index contributed by atoms with van der Waals surface area (Å²) in [6.45, 7) is 24.6. The second kappa shape index (κ2) is 17.2. The third-order valence-corrected chi connectivity index (χ3v) is 13.4. The van der Waals surface area contributed by atoms with Crippen molar-refractivity contribution < 1.29 is 27.4 Å². The van der Waals surface area contributed by atoms with Gasteiger partial charge >= 0.3 is 0 Å². The summed E-state index contributed by atoms with van der Waals surface area (Å²) in [6, 6.07) is 24.9. The molecule has 0 radical (unpaired) electrons. The van der Waals surface area contributed by atoms with Gasteiger partial charge in [-0.05, 0) is 79.1 Å². The summed E-state index contributed by atoms with van der Waals surface area (Å²) in [5.41, 5.74) is 5.19. The van der Waals surface area contributed by atoms with Gasteiger partial charge < -0.3 is 27.4 Å². The Balaban J connectivity index is 0.793. The molecule has 6 saturated heterocycles. The predicted octanol–water partition coefficient (Wildman–Crippen LogP) is 6.30. The maximum Gasteiger partial charge on any atom is 0.129 e. The van der Waals surface area contributed by atoms with Crippen LogP contribution in [-0.4, -0.2) is 136 Å². The fraction of sp³-hybridized carbons (Fsp3) is 0.532. The van der Waals surface area contributed by atoms with Crippen LogP contribution in [0.25, 0.3) is 0 Å². The number of hydrogen-bond donors (Lipinski definition) is 0. The molecule has 53 heavy (non-hydrogen) atoms. The molecular formula is C47H64N4O2+4. The molecule has 4 bridgehead atoms. The highest BCUT2D eigenvalue weighted by molar-refractivity contribution is 5.48. The Labute approximate surface area is 320 Å². The zero-order valence-electron chi connectivity index (χ0n) is 32.8. The highest BCUT2D eigenvalue weighted by atomic mass is 16.5. The molecule has 0 N–H and O–H groups in total. The van der Waals surface area contributed by atoms with E-state index in [0.29, 0.717) is 6.61 Å². The van der Waals surface area contributed by atoms with Crippen LogP contribution in [0.3, 0.4) is 0 Å². The van der Waals surface area contributed by atoms with Gasteiger partial charge in [0, 0.05) is 28.7 Å². The molecule has 6 heteroatoms. The van der Waals surface area contributed by atoms with E-state index in [1.807, 2.05) is 0 Å². The molecule has 6 nitrogen and oxygen atoms in total. The molecule has 9 rings (SSSR count). The van der Waals surface area contributed by atoms with Gasteiger partial charge in [-0.3, -0.25) is 0 Å². The van der Waals surface area contributed by atoms with Crippen molar-refractivity contribution >= 4 is 0 Å². The van der Waals surface area contributed by atoms with Crippen molar-refractivity contribution in [2.75, 3.05) is 118 Å². The first kappa shape index (κ1) is 37.7. The minimum Gasteiger partial charge on any atom is -0.493 e. The summed E-state index contributed by atoms with van der Waals surface area (Å²) in [7, 11) is 2.42. The average Bonchev–Trinajstić information content (AvgIpc) is 3.21. The molecule has 6 aliphatic rings. The zero-order valence-corrected chi connectivity index (χ0v) is 32.8. The highest BCUT2D eigenvalue weighted by Gasteiger charge is 2.48. The Bertz CT molecular complexity index is 1710. The van der Waals surface area contributed by atoms with Crippen molar-refractivity contribution in [3.05, 3.63) is 101 Å². The SMILES string of the molecule is CCCCCC[N+]12CC[N+](CCCOc3ccc(C#Cc4ccc(C#Cc5ccc(COCC[N+]67CC[N+](C)(CC6)CC7)cc5)cc4)cc3)(CC1)CC2. The number of unbranched alkanes of at least 4 members (excludes halogenated alkanes) is 3. The number of piperazine rings is 6. The Morgan fingerprint density at radius 1 is 0.472 bits per heavy atom. The largest absolute Gasteiger partial charge is 0.493 e. The number of hydrogen-bond acceptors (Lipinski definition) is 2. The standard InChI is InChI=1S/C47H64N4O2/c1-3-4-5-6-24-49-32-35-50(36-33-49,37-34-49)25-7-39-53-47-22-20-45(21-23-47)15-14-43-10-8-42(9-11-43)12-13-44-16-18-46(19-17-44)41-52-40-38-51-29-26-48(2,27-30-51)28-31-51/h8-11,16-23H,3-7,24-41H2,1-2H3/q+4. The number of nitrogens with zero attached hydrogens (tertiary/aromatic N) is 4. The van der Waals surface area contributed by atoms with Crippen LogP contribution >= 0.6 is 0 Å². The van der Waals surface area contributed by atoms with Crippen LogP contribution in [0.1, 0.15) is 66.8 Å². The van der Waals surface area contributed by atoms with E-state index >= 15 is 0 Å². The van der Waals surface area contributed by atoms with Gasteiger partial charge in [-0.2, -0.15) is 0 Å². The lowest BCUT2D eigenvalue weighted by Crippen LogP contribution is -2.75. The van der Waals surface area contributed by atoms with E-state index in [0.717, 1.165) is 54.2 Å². The van der Waals surface area contributed by atoms with Crippen LogP contribution in [0.2, 0.25) is 0 Å². The summed E-state index contributed by atoms with van der Waals surface area (Å²) >= 11 is 0. The second-order valence-electron chi connectivity index (χ2n) is 17.1. The number of rotatable bonds is 15. The first-order chi connectivity index (χ1) is 25.9. The van der Waals surface area contributed by atoms with Gasteiger partial charge in [0.05, 0.1) is 40.0 Å². The van der Waals surface area contributed by atoms with Crippen LogP contribution < -0.4 is 4.74 Å². The molecule has 0 atom stereocenters. The summed E-state index contributed by atoms with van der Waals surface area (Å²) in [5, 5.41) is 0. The Hall–Kier alpha value is -3.62. The monoisotopic (exact) mass is 717 g/mol. The lowest BCUT2D eigenvalue weighted by molar-refractivity contribution is -1.08. The Morgan fingerprint density at radius 2 is 0.906 bits per heavy atom. The van der Waals surface area contributed by atoms with Crippen molar-refractivity contribution in [1.29, 1.82) is 0 Å². The highest BCUT2D eigenvalue weighted by Crippen LogP contribution is 2.28. The van der Waals surface area contributed by atoms with Gasteiger partial charge in [0.25, 0.3) is 0 Å². The van der Waals surface area contributed by atoms with E-state index in [4.69, 9.17) is 9.47 Å². The van der Waals surface area contributed by atoms with Crippen molar-refractivity contribution in [2.45, 2.75) is 45.6 Å². The third kappa shape index (κ3) is 10.1. The molecule has 3 aromatic rings. The Morgan fingerprint density at radius 3 is 1.42 bits per heavy atom. The van der Waals surface area contributed by atoms with Gasteiger partial charge in [-0.1, -0.05) is 55.6 Å². The van der Waals surface area contributed by atoms with Crippen molar-refractivity contribution in [1.82, 2.24) is 0 Å². The van der Waals surface area contributed by atoms with E-state index in [1.54, 1.807) is 0 Å². The maximum atomic E-state index is 6.15. The van der Waals surface area contributed by atoms with E-state index in [1.165, 1.54) is 141 Å². The number of ether oxygens (including phenoxy) is 2. The minimum atomic E-state index is 0.668. The summed E-state index contributed by atoms with van der Waals surface area (Å²) in [4.78, 5) is 0. The van der Waals surface area contributed by atoms with Gasteiger partial charge in [-0.15, -0.1) is 0 Å². The topological polar surface area (TPSA) is 18.5 Å². The normalized spacial score (nSPS) is 27.1. The number of benzene rings is 3. The van der Waals surface area contributed by atoms with E-state index < -0.39 is 0 Å². The van der Waals surface area contributed by atoms with Crippen molar-refractivity contribution in [3.8, 4) is 29.4 Å². The molecule has 0 aromatic heterocycles. The first-order valence-corrected chi connectivity index (χ1v) is 20.8. The van der Waals surface area contributed by atoms with Crippen molar-refractivity contribution in [3.63, 3.8) is 0 Å². The summed E-state index contributed by atoms with van der Waals surface area (Å²) in [5.74, 6) is 14.2. The molecule has 0 amide bonds. The molecule has 0 unspecified atom stereocenters. The quantitative estimate of drug-likeness (QED) is 0.105. The lowest BCUT2D eigenvalue weighted by Gasteiger charge is -2.55. The molecule has 0 saturated carbocycles. The molecular weight excluding hydrogens is 653 g/mol. The molecule has 6 aliphatic heterocycles. The number of quaternary nitrogens is 4. The van der Waals surface area contributed by atoms with Crippen molar-refractivity contribution in [2.24, 2.45) is 0 Å². The van der Waals surface area contributed by atoms with E-state index in [-0.39, 0.29) is 0 Å². The second-order valence-corrected chi connectivity index (χ2v) is 17.1. The number of likely N-dealkylation sites (N-methyl/N-ethyl adjacent to an activating group) is 1. The average molecular weight is 717 g/mol. The first-order valence-electron chi connectivity index (χ1n) is 20.8. The zero-order chi connectivity index (χ0) is 36.5. The molecule has 3 aromatic carbocycles. The predicted molar refractivity (Wildman–Crippen MR) is 215 cm³/mol. The number of fused-ring (bicyclic) bond motifs is 6. The molecule has 0 spiro atoms. The van der Waals surface area contributed by atoms with Crippen LogP contribution in [0.5, 0.6) is 5.75 Å². The smallest absolute Gasteiger partial charge is 0.129 e. The maximum absolute atomic E-state index is 6.15. The van der Waals surface area contributed by atoms with Gasteiger partial charge in [0.2, 0.25) is 0 Å². The fourth-order valence-electron chi connectivity index (χ4n) is 9.14. The molecule has 6 fully saturated rings. The van der Waals surface area contributed by atoms with Crippen LogP contribution in [0.15, 0.2) is 72.8 Å². The van der Waals surface area contributed by atoms with Crippen LogP contribution in [0, 0.1) is 23.7 Å². The molecule has 280 valence electrons. The summed E-state index contributed by atoms with van der Waals surface area (Å²) in [6.07, 6.45) is 6.69. The fourth-order valence-corrected chi connectivity index (χ4v) is 9.14. The van der Waals surface area contributed by atoms with Gasteiger partial charge in [-0.25, -0.2) is 0 Å². The molecule has 6 heterocycles. The van der Waals surface area contributed by atoms with Gasteiger partial charge in [0.15, 0.2) is 0 Å². The van der Waals surface area contributed by atoms with Crippen LogP contribution in [-0.2, 0) is 11.3 Å². The van der Waals surface area contributed by atoms with Crippen LogP contribution in [0.4, 0.5) is 0 Å². The van der Waals surface area contributed by atoms with Gasteiger partial charge in [0.1, 0.15) is 90.8 Å². The third-order valence-electron chi connectivity index (χ3n) is 13.4. The van der Waals surface area contributed by atoms with E-state index in [2.05, 4.69) is 110 Å². The van der Waals surface area contributed by atoms with E-state index in [9.17, 15) is 0 Å². The molecule has 0 aliphatic carbocycles.